The Morgan fingerprint density at radius 3 is 2.68 bits per heavy atom. The van der Waals surface area contributed by atoms with Gasteiger partial charge in [-0.3, -0.25) is 0 Å². The molecule has 0 aliphatic carbocycles. The molecule has 1 aliphatic heterocycles. The quantitative estimate of drug-likeness (QED) is 0.480. The molecule has 0 aromatic heterocycles. The van der Waals surface area contributed by atoms with Crippen molar-refractivity contribution in [2.75, 3.05) is 13.2 Å². The van der Waals surface area contributed by atoms with Gasteiger partial charge in [0.05, 0.1) is 17.0 Å². The molecule has 28 heavy (non-hydrogen) atoms. The van der Waals surface area contributed by atoms with E-state index in [0.29, 0.717) is 28.0 Å². The Balaban J connectivity index is 1.93. The van der Waals surface area contributed by atoms with Gasteiger partial charge in [0.1, 0.15) is 6.61 Å². The predicted molar refractivity (Wildman–Crippen MR) is 103 cm³/mol. The van der Waals surface area contributed by atoms with Crippen LogP contribution in [0.2, 0.25) is 0 Å². The molecule has 1 aliphatic rings. The van der Waals surface area contributed by atoms with Crippen LogP contribution in [0, 0.1) is 0 Å². The van der Waals surface area contributed by atoms with Crippen LogP contribution in [-0.2, 0) is 14.3 Å². The van der Waals surface area contributed by atoms with Crippen molar-refractivity contribution >= 4 is 39.8 Å². The van der Waals surface area contributed by atoms with Crippen LogP contribution < -0.4 is 14.6 Å². The molecule has 0 spiro atoms. The highest BCUT2D eigenvalue weighted by Crippen LogP contribution is 2.37. The van der Waals surface area contributed by atoms with E-state index in [0.717, 1.165) is 0 Å². The first-order valence-electron chi connectivity index (χ1n) is 8.35. The smallest absolute Gasteiger partial charge is 0.363 e. The van der Waals surface area contributed by atoms with Crippen LogP contribution in [0.3, 0.4) is 0 Å². The SMILES string of the molecule is CCOc1cc(/C=C2\N=C(c3ccccc3)OC2=O)cc(Br)c1OCC(=O)[O-]. The van der Waals surface area contributed by atoms with Crippen molar-refractivity contribution in [2.45, 2.75) is 6.92 Å². The van der Waals surface area contributed by atoms with Gasteiger partial charge in [0.2, 0.25) is 5.90 Å². The number of carboxylic acid groups (broad SMARTS) is 1. The minimum atomic E-state index is -1.35. The number of ether oxygens (including phenoxy) is 3. The van der Waals surface area contributed by atoms with E-state index in [1.807, 2.05) is 18.2 Å². The Morgan fingerprint density at radius 2 is 2.00 bits per heavy atom. The number of rotatable bonds is 7. The molecule has 0 fully saturated rings. The maximum Gasteiger partial charge on any atom is 0.363 e. The number of halogens is 1. The maximum atomic E-state index is 12.2. The third kappa shape index (κ3) is 4.58. The molecule has 3 rings (SSSR count). The number of carbonyl (C=O) groups excluding carboxylic acids is 2. The molecule has 0 N–H and O–H groups in total. The number of hydrogen-bond donors (Lipinski definition) is 0. The van der Waals surface area contributed by atoms with E-state index in [4.69, 9.17) is 14.2 Å². The fourth-order valence-electron chi connectivity index (χ4n) is 2.48. The summed E-state index contributed by atoms with van der Waals surface area (Å²) in [7, 11) is 0. The summed E-state index contributed by atoms with van der Waals surface area (Å²) in [6, 6.07) is 12.4. The van der Waals surface area contributed by atoms with Crippen LogP contribution >= 0.6 is 15.9 Å². The Hall–Kier alpha value is -3.13. The lowest BCUT2D eigenvalue weighted by molar-refractivity contribution is -0.307. The van der Waals surface area contributed by atoms with Gasteiger partial charge in [-0.25, -0.2) is 9.79 Å². The minimum absolute atomic E-state index is 0.136. The van der Waals surface area contributed by atoms with Crippen LogP contribution in [0.5, 0.6) is 11.5 Å². The Bertz CT molecular complexity index is 968. The molecule has 0 bridgehead atoms. The summed E-state index contributed by atoms with van der Waals surface area (Å²) in [4.78, 5) is 27.1. The molecule has 2 aromatic carbocycles. The van der Waals surface area contributed by atoms with Gasteiger partial charge in [-0.05, 0) is 58.8 Å². The van der Waals surface area contributed by atoms with Gasteiger partial charge < -0.3 is 24.1 Å². The van der Waals surface area contributed by atoms with Crippen LogP contribution in [0.4, 0.5) is 0 Å². The van der Waals surface area contributed by atoms with Crippen LogP contribution in [-0.4, -0.2) is 31.1 Å². The number of nitrogens with zero attached hydrogens (tertiary/aromatic N) is 1. The molecule has 2 aromatic rings. The number of esters is 1. The molecule has 0 radical (unpaired) electrons. The second-order valence-corrected chi connectivity index (χ2v) is 6.48. The van der Waals surface area contributed by atoms with Crippen LogP contribution in [0.25, 0.3) is 6.08 Å². The topological polar surface area (TPSA) is 97.2 Å². The lowest BCUT2D eigenvalue weighted by Gasteiger charge is -2.15. The van der Waals surface area contributed by atoms with Crippen molar-refractivity contribution < 1.29 is 28.9 Å². The van der Waals surface area contributed by atoms with E-state index < -0.39 is 18.5 Å². The second kappa shape index (κ2) is 8.71. The predicted octanol–water partition coefficient (Wildman–Crippen LogP) is 2.32. The summed E-state index contributed by atoms with van der Waals surface area (Å²) in [5.41, 5.74) is 1.43. The van der Waals surface area contributed by atoms with Crippen LogP contribution in [0.15, 0.2) is 57.6 Å². The number of aliphatic carboxylic acids is 1. The number of carbonyl (C=O) groups is 2. The summed E-state index contributed by atoms with van der Waals surface area (Å²) >= 11 is 3.33. The van der Waals surface area contributed by atoms with Gasteiger partial charge in [0.25, 0.3) is 0 Å². The van der Waals surface area contributed by atoms with Crippen molar-refractivity contribution in [3.05, 3.63) is 63.8 Å². The largest absolute Gasteiger partial charge is 0.546 e. The van der Waals surface area contributed by atoms with Crippen LogP contribution in [0.1, 0.15) is 18.1 Å². The molecule has 1 heterocycles. The molecular weight excluding hydrogens is 430 g/mol. The van der Waals surface area contributed by atoms with E-state index in [1.165, 1.54) is 0 Å². The zero-order valence-electron chi connectivity index (χ0n) is 14.8. The fourth-order valence-corrected chi connectivity index (χ4v) is 3.05. The maximum absolute atomic E-state index is 12.2. The number of cyclic esters (lactones) is 1. The van der Waals surface area contributed by atoms with Gasteiger partial charge in [-0.15, -0.1) is 0 Å². The van der Waals surface area contributed by atoms with Crippen molar-refractivity contribution in [1.29, 1.82) is 0 Å². The summed E-state index contributed by atoms with van der Waals surface area (Å²) < 4.78 is 16.4. The van der Waals surface area contributed by atoms with E-state index in [2.05, 4.69) is 20.9 Å². The highest BCUT2D eigenvalue weighted by Gasteiger charge is 2.24. The zero-order chi connectivity index (χ0) is 20.1. The molecule has 7 nitrogen and oxygen atoms in total. The van der Waals surface area contributed by atoms with E-state index in [1.54, 1.807) is 37.3 Å². The van der Waals surface area contributed by atoms with Gasteiger partial charge in [0.15, 0.2) is 17.2 Å². The number of carboxylic acids is 1. The minimum Gasteiger partial charge on any atom is -0.546 e. The molecule has 8 heteroatoms. The molecule has 0 amide bonds. The first-order chi connectivity index (χ1) is 13.5. The lowest BCUT2D eigenvalue weighted by atomic mass is 10.1. The van der Waals surface area contributed by atoms with Gasteiger partial charge in [-0.1, -0.05) is 18.2 Å². The fraction of sp³-hybridized carbons (Fsp3) is 0.150. The van der Waals surface area contributed by atoms with Gasteiger partial charge >= 0.3 is 5.97 Å². The van der Waals surface area contributed by atoms with E-state index in [-0.39, 0.29) is 17.3 Å². The first kappa shape index (κ1) is 19.6. The Labute approximate surface area is 169 Å². The van der Waals surface area contributed by atoms with Gasteiger partial charge in [-0.2, -0.15) is 0 Å². The van der Waals surface area contributed by atoms with E-state index in [9.17, 15) is 14.7 Å². The van der Waals surface area contributed by atoms with Crippen molar-refractivity contribution in [3.8, 4) is 11.5 Å². The van der Waals surface area contributed by atoms with Crippen molar-refractivity contribution in [2.24, 2.45) is 4.99 Å². The third-order valence-electron chi connectivity index (χ3n) is 3.61. The summed E-state index contributed by atoms with van der Waals surface area (Å²) in [5, 5.41) is 10.7. The molecule has 0 atom stereocenters. The Kier molecular flexibility index (Phi) is 6.10. The van der Waals surface area contributed by atoms with Gasteiger partial charge in [0, 0.05) is 5.56 Å². The van der Waals surface area contributed by atoms with E-state index >= 15 is 0 Å². The third-order valence-corrected chi connectivity index (χ3v) is 4.20. The zero-order valence-corrected chi connectivity index (χ0v) is 16.4. The molecule has 0 saturated heterocycles. The standard InChI is InChI=1S/C20H16BrNO6/c1-2-26-16-10-12(8-14(21)18(16)27-11-17(23)24)9-15-20(25)28-19(22-15)13-6-4-3-5-7-13/h3-10H,2,11H2,1H3,(H,23,24)/p-1/b15-9-. The number of hydrogen-bond acceptors (Lipinski definition) is 7. The Morgan fingerprint density at radius 1 is 1.25 bits per heavy atom. The monoisotopic (exact) mass is 444 g/mol. The summed E-state index contributed by atoms with van der Waals surface area (Å²) in [6.45, 7) is 1.51. The highest BCUT2D eigenvalue weighted by atomic mass is 79.9. The average molecular weight is 445 g/mol. The normalized spacial score (nSPS) is 14.6. The first-order valence-corrected chi connectivity index (χ1v) is 9.14. The molecule has 144 valence electrons. The van der Waals surface area contributed by atoms with Crippen molar-refractivity contribution in [3.63, 3.8) is 0 Å². The number of benzene rings is 2. The summed E-state index contributed by atoms with van der Waals surface area (Å²) in [5.74, 6) is -1.13. The molecule has 0 saturated carbocycles. The highest BCUT2D eigenvalue weighted by molar-refractivity contribution is 9.10. The molecular formula is C20H15BrNO6-. The lowest BCUT2D eigenvalue weighted by Crippen LogP contribution is -2.29. The summed E-state index contributed by atoms with van der Waals surface area (Å²) in [6.07, 6.45) is 1.55. The van der Waals surface area contributed by atoms with Crippen molar-refractivity contribution in [1.82, 2.24) is 0 Å². The number of aliphatic imine (C=N–C) groups is 1. The average Bonchev–Trinajstić information content (AvgIpc) is 3.02. The molecule has 0 unspecified atom stereocenters. The second-order valence-electron chi connectivity index (χ2n) is 5.63.